The number of halogens is 4. The van der Waals surface area contributed by atoms with Gasteiger partial charge in [0.1, 0.15) is 5.75 Å². The first-order chi connectivity index (χ1) is 9.30. The molecular weight excluding hydrogens is 347 g/mol. The highest BCUT2D eigenvalue weighted by molar-refractivity contribution is 9.08. The molecule has 1 rings (SSSR count). The number of esters is 1. The average molecular weight is 358 g/mol. The van der Waals surface area contributed by atoms with Crippen LogP contribution in [0.1, 0.15) is 11.3 Å². The highest BCUT2D eigenvalue weighted by Gasteiger charge is 2.32. The molecule has 1 aromatic rings. The fourth-order valence-electron chi connectivity index (χ4n) is 1.43. The van der Waals surface area contributed by atoms with E-state index in [2.05, 4.69) is 30.4 Å². The van der Waals surface area contributed by atoms with Crippen molar-refractivity contribution in [2.75, 3.05) is 14.2 Å². The lowest BCUT2D eigenvalue weighted by atomic mass is 10.1. The van der Waals surface area contributed by atoms with Crippen LogP contribution < -0.4 is 9.47 Å². The van der Waals surface area contributed by atoms with E-state index in [0.717, 1.165) is 6.07 Å². The Bertz CT molecular complexity index is 493. The van der Waals surface area contributed by atoms with Crippen molar-refractivity contribution in [3.8, 4) is 11.6 Å². The molecule has 0 aromatic carbocycles. The Balaban J connectivity index is 3.23. The zero-order chi connectivity index (χ0) is 15.3. The van der Waals surface area contributed by atoms with E-state index in [0.29, 0.717) is 5.56 Å². The molecule has 0 aliphatic carbocycles. The van der Waals surface area contributed by atoms with Gasteiger partial charge in [-0.15, -0.1) is 13.2 Å². The van der Waals surface area contributed by atoms with Gasteiger partial charge in [-0.1, -0.05) is 15.9 Å². The van der Waals surface area contributed by atoms with E-state index in [1.165, 1.54) is 14.2 Å². The highest BCUT2D eigenvalue weighted by atomic mass is 79.9. The van der Waals surface area contributed by atoms with Gasteiger partial charge in [0.15, 0.2) is 0 Å². The van der Waals surface area contributed by atoms with Crippen LogP contribution in [-0.4, -0.2) is 31.5 Å². The van der Waals surface area contributed by atoms with Gasteiger partial charge in [-0.05, 0) is 0 Å². The largest absolute Gasteiger partial charge is 0.574 e. The Hall–Kier alpha value is -1.51. The number of hydrogen-bond donors (Lipinski definition) is 0. The van der Waals surface area contributed by atoms with E-state index < -0.39 is 18.2 Å². The second-order valence-corrected chi connectivity index (χ2v) is 4.08. The van der Waals surface area contributed by atoms with Crippen molar-refractivity contribution in [1.82, 2.24) is 4.98 Å². The summed E-state index contributed by atoms with van der Waals surface area (Å²) in [6, 6.07) is 1.00. The van der Waals surface area contributed by atoms with Crippen molar-refractivity contribution >= 4 is 21.9 Å². The Labute approximate surface area is 121 Å². The second kappa shape index (κ2) is 6.78. The third-order valence-corrected chi connectivity index (χ3v) is 2.82. The molecule has 1 aromatic heterocycles. The molecule has 0 aliphatic rings. The highest BCUT2D eigenvalue weighted by Crippen LogP contribution is 2.31. The van der Waals surface area contributed by atoms with E-state index in [1.807, 2.05) is 0 Å². The van der Waals surface area contributed by atoms with Gasteiger partial charge in [0.05, 0.1) is 26.3 Å². The van der Waals surface area contributed by atoms with Gasteiger partial charge >= 0.3 is 12.3 Å². The summed E-state index contributed by atoms with van der Waals surface area (Å²) in [6.07, 6.45) is -5.17. The van der Waals surface area contributed by atoms with Crippen molar-refractivity contribution in [2.45, 2.75) is 18.1 Å². The minimum Gasteiger partial charge on any atom is -0.496 e. The topological polar surface area (TPSA) is 57.7 Å². The number of aromatic nitrogens is 1. The standard InChI is InChI=1S/C11H11BrF3NO4/c1-18-8-4-9(20-11(13,14)15)16-7(6(8)5-12)3-10(17)19-2/h4H,3,5H2,1-2H3. The number of nitrogens with zero attached hydrogens (tertiary/aromatic N) is 1. The molecule has 0 bridgehead atoms. The molecule has 0 amide bonds. The van der Waals surface area contributed by atoms with Crippen LogP contribution in [0.4, 0.5) is 13.2 Å². The molecule has 0 saturated carbocycles. The summed E-state index contributed by atoms with van der Waals surface area (Å²) in [5.41, 5.74) is 0.541. The minimum atomic E-state index is -4.88. The van der Waals surface area contributed by atoms with Crippen molar-refractivity contribution in [3.05, 3.63) is 17.3 Å². The number of carbonyl (C=O) groups is 1. The maximum absolute atomic E-state index is 12.2. The third kappa shape index (κ3) is 4.55. The van der Waals surface area contributed by atoms with E-state index >= 15 is 0 Å². The number of ether oxygens (including phenoxy) is 3. The number of rotatable bonds is 5. The van der Waals surface area contributed by atoms with Crippen LogP contribution >= 0.6 is 15.9 Å². The molecule has 9 heteroatoms. The normalized spacial score (nSPS) is 11.1. The third-order valence-electron chi connectivity index (χ3n) is 2.26. The summed E-state index contributed by atoms with van der Waals surface area (Å²) >= 11 is 3.16. The van der Waals surface area contributed by atoms with Crippen LogP contribution in [-0.2, 0) is 21.3 Å². The van der Waals surface area contributed by atoms with Gasteiger partial charge in [0.2, 0.25) is 5.88 Å². The lowest BCUT2D eigenvalue weighted by molar-refractivity contribution is -0.276. The molecule has 0 atom stereocenters. The number of methoxy groups -OCH3 is 2. The van der Waals surface area contributed by atoms with Gasteiger partial charge in [-0.25, -0.2) is 4.98 Å². The first-order valence-corrected chi connectivity index (χ1v) is 6.38. The molecule has 20 heavy (non-hydrogen) atoms. The summed E-state index contributed by atoms with van der Waals surface area (Å²) in [4.78, 5) is 14.9. The molecule has 0 saturated heterocycles. The first kappa shape index (κ1) is 16.5. The van der Waals surface area contributed by atoms with Gasteiger partial charge in [0.25, 0.3) is 0 Å². The second-order valence-electron chi connectivity index (χ2n) is 3.52. The number of alkyl halides is 4. The lowest BCUT2D eigenvalue weighted by Crippen LogP contribution is -2.19. The fraction of sp³-hybridized carbons (Fsp3) is 0.455. The van der Waals surface area contributed by atoms with Crippen molar-refractivity contribution < 1.29 is 32.2 Å². The zero-order valence-corrected chi connectivity index (χ0v) is 12.2. The van der Waals surface area contributed by atoms with Crippen molar-refractivity contribution in [3.63, 3.8) is 0 Å². The zero-order valence-electron chi connectivity index (χ0n) is 10.6. The molecule has 0 unspecified atom stereocenters. The molecular formula is C11H11BrF3NO4. The average Bonchev–Trinajstić information content (AvgIpc) is 2.35. The van der Waals surface area contributed by atoms with Crippen LogP contribution in [0, 0.1) is 0 Å². The molecule has 0 spiro atoms. The SMILES string of the molecule is COC(=O)Cc1nc(OC(F)(F)F)cc(OC)c1CBr. The van der Waals surface area contributed by atoms with Gasteiger partial charge in [-0.3, -0.25) is 4.79 Å². The van der Waals surface area contributed by atoms with E-state index in [-0.39, 0.29) is 23.2 Å². The van der Waals surface area contributed by atoms with Crippen LogP contribution in [0.15, 0.2) is 6.07 Å². The molecule has 0 radical (unpaired) electrons. The molecule has 0 aliphatic heterocycles. The monoisotopic (exact) mass is 357 g/mol. The van der Waals surface area contributed by atoms with Crippen molar-refractivity contribution in [2.24, 2.45) is 0 Å². The summed E-state index contributed by atoms with van der Waals surface area (Å²) in [5, 5.41) is 0.252. The van der Waals surface area contributed by atoms with Crippen LogP contribution in [0.5, 0.6) is 11.6 Å². The first-order valence-electron chi connectivity index (χ1n) is 5.26. The Morgan fingerprint density at radius 1 is 1.40 bits per heavy atom. The van der Waals surface area contributed by atoms with Crippen LogP contribution in [0.25, 0.3) is 0 Å². The van der Waals surface area contributed by atoms with Gasteiger partial charge in [-0.2, -0.15) is 0 Å². The maximum Gasteiger partial charge on any atom is 0.574 e. The molecule has 1 heterocycles. The molecule has 112 valence electrons. The fourth-order valence-corrected chi connectivity index (χ4v) is 2.03. The predicted octanol–water partition coefficient (Wildman–Crippen LogP) is 2.60. The molecule has 0 N–H and O–H groups in total. The maximum atomic E-state index is 12.2. The minimum absolute atomic E-state index is 0.0901. The lowest BCUT2D eigenvalue weighted by Gasteiger charge is -2.14. The van der Waals surface area contributed by atoms with E-state index in [9.17, 15) is 18.0 Å². The Kier molecular flexibility index (Phi) is 5.61. The molecule has 5 nitrogen and oxygen atoms in total. The van der Waals surface area contributed by atoms with E-state index in [1.54, 1.807) is 0 Å². The summed E-state index contributed by atoms with van der Waals surface area (Å²) < 4.78 is 49.8. The van der Waals surface area contributed by atoms with Crippen LogP contribution in [0.2, 0.25) is 0 Å². The summed E-state index contributed by atoms with van der Waals surface area (Å²) in [7, 11) is 2.46. The summed E-state index contributed by atoms with van der Waals surface area (Å²) in [5.74, 6) is -1.20. The van der Waals surface area contributed by atoms with Crippen LogP contribution in [0.3, 0.4) is 0 Å². The smallest absolute Gasteiger partial charge is 0.496 e. The van der Waals surface area contributed by atoms with Crippen molar-refractivity contribution in [1.29, 1.82) is 0 Å². The Morgan fingerprint density at radius 2 is 2.05 bits per heavy atom. The van der Waals surface area contributed by atoms with Gasteiger partial charge in [0, 0.05) is 17.0 Å². The Morgan fingerprint density at radius 3 is 2.50 bits per heavy atom. The predicted molar refractivity (Wildman–Crippen MR) is 65.8 cm³/mol. The number of carbonyl (C=O) groups excluding carboxylic acids is 1. The number of pyridine rings is 1. The van der Waals surface area contributed by atoms with E-state index in [4.69, 9.17) is 4.74 Å². The quantitative estimate of drug-likeness (QED) is 0.598. The molecule has 0 fully saturated rings. The number of hydrogen-bond acceptors (Lipinski definition) is 5. The van der Waals surface area contributed by atoms with Gasteiger partial charge < -0.3 is 14.2 Å². The summed E-state index contributed by atoms with van der Waals surface area (Å²) in [6.45, 7) is 0.